The maximum absolute atomic E-state index is 12.6. The van der Waals surface area contributed by atoms with Crippen LogP contribution in [0.5, 0.6) is 0 Å². The van der Waals surface area contributed by atoms with Crippen molar-refractivity contribution in [2.75, 3.05) is 26.3 Å². The summed E-state index contributed by atoms with van der Waals surface area (Å²) in [6.07, 6.45) is 4.69. The second-order valence-corrected chi connectivity index (χ2v) is 9.05. The van der Waals surface area contributed by atoms with Crippen LogP contribution < -0.4 is 0 Å². The van der Waals surface area contributed by atoms with Gasteiger partial charge in [-0.25, -0.2) is 17.9 Å². The molecule has 166 valence electrons. The number of ether oxygens (including phenoxy) is 2. The molecule has 1 saturated heterocycles. The quantitative estimate of drug-likeness (QED) is 0.404. The van der Waals surface area contributed by atoms with E-state index in [-0.39, 0.29) is 11.5 Å². The third-order valence-corrected chi connectivity index (χ3v) is 6.84. The number of carbonyl (C=O) groups is 1. The van der Waals surface area contributed by atoms with Gasteiger partial charge < -0.3 is 9.47 Å². The monoisotopic (exact) mass is 453 g/mol. The highest BCUT2D eigenvalue weighted by Gasteiger charge is 2.25. The van der Waals surface area contributed by atoms with Crippen LogP contribution in [0.25, 0.3) is 11.8 Å². The zero-order valence-electron chi connectivity index (χ0n) is 17.3. The number of hydrogen-bond acceptors (Lipinski definition) is 6. The largest absolute Gasteiger partial charge is 0.456 e. The van der Waals surface area contributed by atoms with Gasteiger partial charge in [-0.1, -0.05) is 30.3 Å². The van der Waals surface area contributed by atoms with E-state index in [1.807, 2.05) is 30.3 Å². The van der Waals surface area contributed by atoms with E-state index in [1.54, 1.807) is 35.2 Å². The Labute approximate surface area is 186 Å². The van der Waals surface area contributed by atoms with Gasteiger partial charge >= 0.3 is 5.97 Å². The molecule has 1 aliphatic rings. The van der Waals surface area contributed by atoms with Crippen molar-refractivity contribution in [1.82, 2.24) is 14.1 Å². The highest BCUT2D eigenvalue weighted by atomic mass is 32.2. The smallest absolute Gasteiger partial charge is 0.331 e. The van der Waals surface area contributed by atoms with Crippen molar-refractivity contribution in [3.63, 3.8) is 0 Å². The van der Waals surface area contributed by atoms with Gasteiger partial charge in [-0.05, 0) is 42.0 Å². The molecule has 32 heavy (non-hydrogen) atoms. The maximum Gasteiger partial charge on any atom is 0.331 e. The van der Waals surface area contributed by atoms with Crippen molar-refractivity contribution in [3.8, 4) is 5.69 Å². The van der Waals surface area contributed by atoms with Crippen molar-refractivity contribution < 1.29 is 22.7 Å². The van der Waals surface area contributed by atoms with Crippen LogP contribution in [0, 0.1) is 0 Å². The molecule has 0 N–H and O–H groups in total. The molecule has 9 heteroatoms. The number of aromatic nitrogens is 2. The second kappa shape index (κ2) is 9.90. The summed E-state index contributed by atoms with van der Waals surface area (Å²) >= 11 is 0. The van der Waals surface area contributed by atoms with Crippen LogP contribution in [-0.2, 0) is 30.9 Å². The van der Waals surface area contributed by atoms with E-state index in [9.17, 15) is 13.2 Å². The Balaban J connectivity index is 1.31. The van der Waals surface area contributed by atoms with Crippen molar-refractivity contribution >= 4 is 22.1 Å². The average Bonchev–Trinajstić information content (AvgIpc) is 3.32. The predicted molar refractivity (Wildman–Crippen MR) is 118 cm³/mol. The van der Waals surface area contributed by atoms with Gasteiger partial charge in [-0.15, -0.1) is 0 Å². The van der Waals surface area contributed by atoms with E-state index < -0.39 is 16.0 Å². The summed E-state index contributed by atoms with van der Waals surface area (Å²) in [5.41, 5.74) is 2.24. The molecule has 8 nitrogen and oxygen atoms in total. The number of carbonyl (C=O) groups excluding carboxylic acids is 1. The number of rotatable bonds is 7. The lowest BCUT2D eigenvalue weighted by atomic mass is 10.2. The third-order valence-electron chi connectivity index (χ3n) is 4.93. The minimum atomic E-state index is -3.54. The molecule has 0 unspecified atom stereocenters. The zero-order valence-corrected chi connectivity index (χ0v) is 18.1. The molecule has 0 atom stereocenters. The lowest BCUT2D eigenvalue weighted by Crippen LogP contribution is -2.40. The molecule has 1 aliphatic heterocycles. The van der Waals surface area contributed by atoms with E-state index >= 15 is 0 Å². The average molecular weight is 454 g/mol. The summed E-state index contributed by atoms with van der Waals surface area (Å²) in [5, 5.41) is 4.39. The number of nitrogens with zero attached hydrogens (tertiary/aromatic N) is 3. The zero-order chi connectivity index (χ0) is 22.4. The molecule has 3 aromatic rings. The van der Waals surface area contributed by atoms with E-state index in [0.29, 0.717) is 37.6 Å². The molecule has 0 aliphatic carbocycles. The van der Waals surface area contributed by atoms with E-state index in [2.05, 4.69) is 5.10 Å². The first-order valence-electron chi connectivity index (χ1n) is 10.2. The Morgan fingerprint density at radius 2 is 1.75 bits per heavy atom. The molecule has 0 spiro atoms. The van der Waals surface area contributed by atoms with E-state index in [1.165, 1.54) is 22.5 Å². The minimum absolute atomic E-state index is 0.0553. The van der Waals surface area contributed by atoms with Gasteiger partial charge in [0, 0.05) is 25.4 Å². The normalized spacial score (nSPS) is 15.1. The van der Waals surface area contributed by atoms with Gasteiger partial charge in [0.05, 0.1) is 23.8 Å². The van der Waals surface area contributed by atoms with Gasteiger partial charge in [-0.3, -0.25) is 0 Å². The van der Waals surface area contributed by atoms with E-state index in [4.69, 9.17) is 9.47 Å². The van der Waals surface area contributed by atoms with Gasteiger partial charge in [0.25, 0.3) is 0 Å². The number of esters is 1. The van der Waals surface area contributed by atoms with Gasteiger partial charge in [0.2, 0.25) is 10.0 Å². The molecule has 0 bridgehead atoms. The van der Waals surface area contributed by atoms with Crippen LogP contribution in [-0.4, -0.2) is 54.8 Å². The molecule has 0 amide bonds. The Hall–Kier alpha value is -3.27. The Morgan fingerprint density at radius 3 is 2.47 bits per heavy atom. The first kappa shape index (κ1) is 21.9. The maximum atomic E-state index is 12.6. The van der Waals surface area contributed by atoms with Crippen molar-refractivity contribution in [2.24, 2.45) is 0 Å². The summed E-state index contributed by atoms with van der Waals surface area (Å²) < 4.78 is 38.9. The third kappa shape index (κ3) is 5.31. The molecule has 1 aromatic heterocycles. The lowest BCUT2D eigenvalue weighted by Gasteiger charge is -2.26. The van der Waals surface area contributed by atoms with Crippen LogP contribution >= 0.6 is 0 Å². The van der Waals surface area contributed by atoms with Crippen molar-refractivity contribution in [2.45, 2.75) is 11.5 Å². The topological polar surface area (TPSA) is 90.7 Å². The number of sulfonamides is 1. The molecule has 2 heterocycles. The first-order chi connectivity index (χ1) is 15.5. The fourth-order valence-electron chi connectivity index (χ4n) is 3.21. The van der Waals surface area contributed by atoms with Gasteiger partial charge in [0.1, 0.15) is 12.3 Å². The molecule has 0 radical (unpaired) electrons. The van der Waals surface area contributed by atoms with Crippen LogP contribution in [0.1, 0.15) is 11.3 Å². The molecule has 2 aromatic carbocycles. The predicted octanol–water partition coefficient (Wildman–Crippen LogP) is 2.65. The van der Waals surface area contributed by atoms with Crippen molar-refractivity contribution in [3.05, 3.63) is 84.2 Å². The SMILES string of the molecule is O=C(/C=C/c1ccc(S(=O)(=O)N2CCOCC2)cc1)OCc1ccn(-c2ccccc2)n1. The van der Waals surface area contributed by atoms with Crippen LogP contribution in [0.3, 0.4) is 0 Å². The summed E-state index contributed by atoms with van der Waals surface area (Å²) in [4.78, 5) is 12.3. The Kier molecular flexibility index (Phi) is 6.79. The fourth-order valence-corrected chi connectivity index (χ4v) is 4.62. The number of morpholine rings is 1. The molecule has 1 fully saturated rings. The number of benzene rings is 2. The molecular formula is C23H23N3O5S. The summed E-state index contributed by atoms with van der Waals surface area (Å²) in [6.45, 7) is 1.54. The number of para-hydroxylation sites is 1. The van der Waals surface area contributed by atoms with Crippen LogP contribution in [0.4, 0.5) is 0 Å². The standard InChI is InChI=1S/C23H23N3O5S/c27-23(31-18-20-12-13-26(24-20)21-4-2-1-3-5-21)11-8-19-6-9-22(10-7-19)32(28,29)25-14-16-30-17-15-25/h1-13H,14-18H2/b11-8+. The highest BCUT2D eigenvalue weighted by molar-refractivity contribution is 7.89. The van der Waals surface area contributed by atoms with Crippen LogP contribution in [0.2, 0.25) is 0 Å². The van der Waals surface area contributed by atoms with Gasteiger partial charge in [0.15, 0.2) is 0 Å². The fraction of sp³-hybridized carbons (Fsp3) is 0.217. The van der Waals surface area contributed by atoms with Crippen molar-refractivity contribution in [1.29, 1.82) is 0 Å². The summed E-state index contributed by atoms with van der Waals surface area (Å²) in [6, 6.07) is 17.8. The Morgan fingerprint density at radius 1 is 1.03 bits per heavy atom. The highest BCUT2D eigenvalue weighted by Crippen LogP contribution is 2.18. The van der Waals surface area contributed by atoms with Gasteiger partial charge in [-0.2, -0.15) is 9.40 Å². The molecule has 0 saturated carbocycles. The molecular weight excluding hydrogens is 430 g/mol. The van der Waals surface area contributed by atoms with Crippen LogP contribution in [0.15, 0.2) is 77.8 Å². The van der Waals surface area contributed by atoms with E-state index in [0.717, 1.165) is 5.69 Å². The summed E-state index contributed by atoms with van der Waals surface area (Å²) in [5.74, 6) is -0.510. The molecule has 4 rings (SSSR count). The minimum Gasteiger partial charge on any atom is -0.456 e. The summed E-state index contributed by atoms with van der Waals surface area (Å²) in [7, 11) is -3.54. The second-order valence-electron chi connectivity index (χ2n) is 7.11. The Bertz CT molecular complexity index is 1180. The number of hydrogen-bond donors (Lipinski definition) is 0. The first-order valence-corrected chi connectivity index (χ1v) is 11.6. The lowest BCUT2D eigenvalue weighted by molar-refractivity contribution is -0.139.